The van der Waals surface area contributed by atoms with Gasteiger partial charge in [0.15, 0.2) is 0 Å². The summed E-state index contributed by atoms with van der Waals surface area (Å²) >= 11 is 0. The molecule has 0 aromatic heterocycles. The van der Waals surface area contributed by atoms with Crippen LogP contribution in [-0.2, 0) is 0 Å². The zero-order chi connectivity index (χ0) is 15.1. The van der Waals surface area contributed by atoms with E-state index < -0.39 is 0 Å². The van der Waals surface area contributed by atoms with E-state index in [-0.39, 0.29) is 5.91 Å². The molecule has 0 unspecified atom stereocenters. The van der Waals surface area contributed by atoms with Gasteiger partial charge in [-0.05, 0) is 57.0 Å². The van der Waals surface area contributed by atoms with E-state index in [1.54, 1.807) is 0 Å². The Labute approximate surface area is 127 Å². The van der Waals surface area contributed by atoms with Crippen molar-refractivity contribution in [3.05, 3.63) is 29.8 Å². The molecule has 116 valence electrons. The van der Waals surface area contributed by atoms with Crippen LogP contribution < -0.4 is 10.1 Å². The van der Waals surface area contributed by atoms with Gasteiger partial charge < -0.3 is 15.0 Å². The Morgan fingerprint density at radius 2 is 1.90 bits per heavy atom. The van der Waals surface area contributed by atoms with Crippen LogP contribution in [0.25, 0.3) is 0 Å². The average Bonchev–Trinajstić information content (AvgIpc) is 2.54. The summed E-state index contributed by atoms with van der Waals surface area (Å²) < 4.78 is 5.40. The van der Waals surface area contributed by atoms with Gasteiger partial charge in [0.2, 0.25) is 0 Å². The maximum absolute atomic E-state index is 12.5. The van der Waals surface area contributed by atoms with Crippen LogP contribution in [0.1, 0.15) is 43.5 Å². The smallest absolute Gasteiger partial charge is 0.253 e. The third-order valence-corrected chi connectivity index (χ3v) is 3.88. The fraction of sp³-hybridized carbons (Fsp3) is 0.588. The minimum Gasteiger partial charge on any atom is -0.494 e. The van der Waals surface area contributed by atoms with Crippen LogP contribution in [0.3, 0.4) is 0 Å². The first kappa shape index (κ1) is 15.8. The van der Waals surface area contributed by atoms with Crippen LogP contribution in [0.4, 0.5) is 0 Å². The molecule has 1 amide bonds. The molecule has 1 aliphatic heterocycles. The van der Waals surface area contributed by atoms with Gasteiger partial charge in [0.1, 0.15) is 5.75 Å². The summed E-state index contributed by atoms with van der Waals surface area (Å²) in [7, 11) is 0. The fourth-order valence-electron chi connectivity index (χ4n) is 2.68. The lowest BCUT2D eigenvalue weighted by atomic mass is 10.0. The van der Waals surface area contributed by atoms with Crippen molar-refractivity contribution in [3.63, 3.8) is 0 Å². The molecule has 0 aliphatic carbocycles. The first-order chi connectivity index (χ1) is 10.2. The molecule has 0 radical (unpaired) electrons. The topological polar surface area (TPSA) is 41.6 Å². The van der Waals surface area contributed by atoms with Gasteiger partial charge in [-0.2, -0.15) is 0 Å². The number of carbonyl (C=O) groups excluding carboxylic acids is 1. The number of amides is 1. The quantitative estimate of drug-likeness (QED) is 0.876. The Bertz CT molecular complexity index is 437. The molecule has 4 heteroatoms. The van der Waals surface area contributed by atoms with Gasteiger partial charge in [0, 0.05) is 24.7 Å². The summed E-state index contributed by atoms with van der Waals surface area (Å²) in [4.78, 5) is 14.4. The van der Waals surface area contributed by atoms with E-state index in [9.17, 15) is 4.79 Å². The van der Waals surface area contributed by atoms with Gasteiger partial charge in [-0.3, -0.25) is 4.79 Å². The molecule has 1 N–H and O–H groups in total. The zero-order valence-corrected chi connectivity index (χ0v) is 13.1. The van der Waals surface area contributed by atoms with Crippen molar-refractivity contribution >= 4 is 5.91 Å². The molecule has 0 atom stereocenters. The van der Waals surface area contributed by atoms with Crippen LogP contribution in [0.2, 0.25) is 0 Å². The zero-order valence-electron chi connectivity index (χ0n) is 13.1. The van der Waals surface area contributed by atoms with Gasteiger partial charge >= 0.3 is 0 Å². The number of ether oxygens (including phenoxy) is 1. The predicted molar refractivity (Wildman–Crippen MR) is 84.8 cm³/mol. The lowest BCUT2D eigenvalue weighted by Gasteiger charge is -2.32. The molecule has 0 saturated carbocycles. The minimum absolute atomic E-state index is 0.131. The highest BCUT2D eigenvalue weighted by Gasteiger charge is 2.23. The standard InChI is InChI=1S/C17H26N2O2/c1-3-11-18-15-9-12-19(13-10-15)17(20)14-5-7-16(8-6-14)21-4-2/h5-8,15,18H,3-4,9-13H2,1-2H3. The Kier molecular flexibility index (Phi) is 6.05. The van der Waals surface area contributed by atoms with E-state index in [2.05, 4.69) is 12.2 Å². The first-order valence-corrected chi connectivity index (χ1v) is 8.00. The molecule has 1 aromatic carbocycles. The van der Waals surface area contributed by atoms with Gasteiger partial charge in [-0.1, -0.05) is 6.92 Å². The number of piperidine rings is 1. The van der Waals surface area contributed by atoms with E-state index in [1.807, 2.05) is 36.1 Å². The number of hydrogen-bond acceptors (Lipinski definition) is 3. The number of carbonyl (C=O) groups is 1. The SMILES string of the molecule is CCCNC1CCN(C(=O)c2ccc(OCC)cc2)CC1. The lowest BCUT2D eigenvalue weighted by molar-refractivity contribution is 0.0705. The van der Waals surface area contributed by atoms with Gasteiger partial charge in [-0.25, -0.2) is 0 Å². The van der Waals surface area contributed by atoms with Crippen molar-refractivity contribution in [2.45, 2.75) is 39.2 Å². The molecule has 0 spiro atoms. The van der Waals surface area contributed by atoms with Crippen molar-refractivity contribution in [2.24, 2.45) is 0 Å². The van der Waals surface area contributed by atoms with Gasteiger partial charge in [-0.15, -0.1) is 0 Å². The summed E-state index contributed by atoms with van der Waals surface area (Å²) in [5.74, 6) is 0.948. The number of likely N-dealkylation sites (tertiary alicyclic amines) is 1. The van der Waals surface area contributed by atoms with Crippen molar-refractivity contribution in [1.82, 2.24) is 10.2 Å². The third kappa shape index (κ3) is 4.46. The fourth-order valence-corrected chi connectivity index (χ4v) is 2.68. The second-order valence-electron chi connectivity index (χ2n) is 5.48. The third-order valence-electron chi connectivity index (χ3n) is 3.88. The van der Waals surface area contributed by atoms with E-state index in [0.29, 0.717) is 12.6 Å². The maximum Gasteiger partial charge on any atom is 0.253 e. The van der Waals surface area contributed by atoms with Crippen LogP contribution in [0.15, 0.2) is 24.3 Å². The molecule has 1 heterocycles. The molecular formula is C17H26N2O2. The molecule has 1 aromatic rings. The van der Waals surface area contributed by atoms with Crippen molar-refractivity contribution in [1.29, 1.82) is 0 Å². The monoisotopic (exact) mass is 290 g/mol. The largest absolute Gasteiger partial charge is 0.494 e. The Morgan fingerprint density at radius 3 is 2.48 bits per heavy atom. The van der Waals surface area contributed by atoms with Crippen LogP contribution >= 0.6 is 0 Å². The highest BCUT2D eigenvalue weighted by molar-refractivity contribution is 5.94. The molecule has 2 rings (SSSR count). The summed E-state index contributed by atoms with van der Waals surface area (Å²) in [5, 5.41) is 3.54. The van der Waals surface area contributed by atoms with Gasteiger partial charge in [0.05, 0.1) is 6.61 Å². The number of hydrogen-bond donors (Lipinski definition) is 1. The summed E-state index contributed by atoms with van der Waals surface area (Å²) in [6.45, 7) is 7.53. The first-order valence-electron chi connectivity index (χ1n) is 8.00. The molecule has 1 fully saturated rings. The Morgan fingerprint density at radius 1 is 1.24 bits per heavy atom. The molecular weight excluding hydrogens is 264 g/mol. The molecule has 4 nitrogen and oxygen atoms in total. The molecule has 1 saturated heterocycles. The number of rotatable bonds is 6. The van der Waals surface area contributed by atoms with Crippen LogP contribution in [-0.4, -0.2) is 43.1 Å². The van der Waals surface area contributed by atoms with Crippen LogP contribution in [0.5, 0.6) is 5.75 Å². The highest BCUT2D eigenvalue weighted by atomic mass is 16.5. The summed E-state index contributed by atoms with van der Waals surface area (Å²) in [6.07, 6.45) is 3.25. The van der Waals surface area contributed by atoms with E-state index >= 15 is 0 Å². The number of nitrogens with zero attached hydrogens (tertiary/aromatic N) is 1. The summed E-state index contributed by atoms with van der Waals surface area (Å²) in [6, 6.07) is 8.01. The van der Waals surface area contributed by atoms with E-state index in [0.717, 1.165) is 50.2 Å². The van der Waals surface area contributed by atoms with Crippen molar-refractivity contribution in [2.75, 3.05) is 26.2 Å². The van der Waals surface area contributed by atoms with Gasteiger partial charge in [0.25, 0.3) is 5.91 Å². The predicted octanol–water partition coefficient (Wildman–Crippen LogP) is 2.69. The van der Waals surface area contributed by atoms with Crippen molar-refractivity contribution in [3.8, 4) is 5.75 Å². The van der Waals surface area contributed by atoms with E-state index in [1.165, 1.54) is 0 Å². The second-order valence-corrected chi connectivity index (χ2v) is 5.48. The van der Waals surface area contributed by atoms with Crippen molar-refractivity contribution < 1.29 is 9.53 Å². The van der Waals surface area contributed by atoms with E-state index in [4.69, 9.17) is 4.74 Å². The number of benzene rings is 1. The Balaban J connectivity index is 1.86. The minimum atomic E-state index is 0.131. The second kappa shape index (κ2) is 8.03. The Hall–Kier alpha value is -1.55. The van der Waals surface area contributed by atoms with Crippen LogP contribution in [0, 0.1) is 0 Å². The molecule has 0 bridgehead atoms. The average molecular weight is 290 g/mol. The summed E-state index contributed by atoms with van der Waals surface area (Å²) in [5.41, 5.74) is 0.749. The lowest BCUT2D eigenvalue weighted by Crippen LogP contribution is -2.45. The normalized spacial score (nSPS) is 16.0. The maximum atomic E-state index is 12.5. The highest BCUT2D eigenvalue weighted by Crippen LogP contribution is 2.17. The number of nitrogens with one attached hydrogen (secondary N) is 1. The molecule has 21 heavy (non-hydrogen) atoms. The molecule has 1 aliphatic rings.